The molecule has 35 heavy (non-hydrogen) atoms. The molecule has 7 nitrogen and oxygen atoms in total. The Balaban J connectivity index is 1.61. The number of anilines is 2. The molecule has 0 aliphatic carbocycles. The Bertz CT molecular complexity index is 1290. The summed E-state index contributed by atoms with van der Waals surface area (Å²) in [5.41, 5.74) is 8.25. The van der Waals surface area contributed by atoms with Crippen LogP contribution in [0.4, 0.5) is 16.2 Å². The van der Waals surface area contributed by atoms with Gasteiger partial charge in [-0.2, -0.15) is 0 Å². The van der Waals surface area contributed by atoms with Crippen LogP contribution in [0, 0.1) is 0 Å². The van der Waals surface area contributed by atoms with Crippen LogP contribution in [0.15, 0.2) is 71.6 Å². The molecule has 0 spiro atoms. The molecule has 0 saturated heterocycles. The molecule has 1 unspecified atom stereocenters. The minimum absolute atomic E-state index is 0.0645. The minimum atomic E-state index is -3.80. The van der Waals surface area contributed by atoms with Crippen molar-refractivity contribution in [3.05, 3.63) is 87.9 Å². The van der Waals surface area contributed by atoms with E-state index in [9.17, 15) is 13.2 Å². The quantitative estimate of drug-likeness (QED) is 0.285. The standard InChI is InChI=1S/C25H28Cl2N4O3S/c1-16(21-5-4-6-22(26)23(21)27)29-24(32)30-18-11-13-20(14-12-18)35(33,34)31-19-9-7-17(8-10-19)15-25(2,3)28/h4-14,16,31H,15,28H2,1-3H3,(H2,29,30,32). The number of benzene rings is 3. The number of hydrogen-bond acceptors (Lipinski definition) is 4. The van der Waals surface area contributed by atoms with Crippen LogP contribution < -0.4 is 21.1 Å². The van der Waals surface area contributed by atoms with Gasteiger partial charge in [-0.1, -0.05) is 47.5 Å². The predicted molar refractivity (Wildman–Crippen MR) is 143 cm³/mol. The van der Waals surface area contributed by atoms with Gasteiger partial charge >= 0.3 is 6.03 Å². The molecule has 0 aromatic heterocycles. The molecule has 5 N–H and O–H groups in total. The number of halogens is 2. The Morgan fingerprint density at radius 3 is 2.17 bits per heavy atom. The first-order valence-corrected chi connectivity index (χ1v) is 13.1. The molecule has 2 amide bonds. The van der Waals surface area contributed by atoms with Crippen molar-refractivity contribution >= 4 is 50.6 Å². The lowest BCUT2D eigenvalue weighted by Crippen LogP contribution is -2.34. The van der Waals surface area contributed by atoms with Crippen LogP contribution in [-0.2, 0) is 16.4 Å². The lowest BCUT2D eigenvalue weighted by Gasteiger charge is -2.18. The van der Waals surface area contributed by atoms with Gasteiger partial charge in [-0.25, -0.2) is 13.2 Å². The van der Waals surface area contributed by atoms with E-state index >= 15 is 0 Å². The van der Waals surface area contributed by atoms with E-state index in [2.05, 4.69) is 15.4 Å². The fourth-order valence-electron chi connectivity index (χ4n) is 3.44. The maximum absolute atomic E-state index is 12.8. The fourth-order valence-corrected chi connectivity index (χ4v) is 4.97. The van der Waals surface area contributed by atoms with E-state index in [4.69, 9.17) is 28.9 Å². The Hall–Kier alpha value is -2.78. The van der Waals surface area contributed by atoms with Gasteiger partial charge in [-0.05, 0) is 80.8 Å². The summed E-state index contributed by atoms with van der Waals surface area (Å²) < 4.78 is 28.1. The molecule has 3 aromatic rings. The van der Waals surface area contributed by atoms with Gasteiger partial charge in [-0.15, -0.1) is 0 Å². The second-order valence-electron chi connectivity index (χ2n) is 8.96. The van der Waals surface area contributed by atoms with E-state index in [1.54, 1.807) is 37.3 Å². The average Bonchev–Trinajstić information content (AvgIpc) is 2.76. The Kier molecular flexibility index (Phi) is 8.33. The van der Waals surface area contributed by atoms with Gasteiger partial charge in [0.15, 0.2) is 0 Å². The van der Waals surface area contributed by atoms with Gasteiger partial charge in [0, 0.05) is 16.9 Å². The second kappa shape index (κ2) is 10.9. The number of carbonyl (C=O) groups is 1. The summed E-state index contributed by atoms with van der Waals surface area (Å²) >= 11 is 12.2. The highest BCUT2D eigenvalue weighted by Crippen LogP contribution is 2.29. The zero-order valence-corrected chi connectivity index (χ0v) is 21.9. The molecule has 0 radical (unpaired) electrons. The van der Waals surface area contributed by atoms with Gasteiger partial charge in [-0.3, -0.25) is 4.72 Å². The number of amides is 2. The molecule has 186 valence electrons. The van der Waals surface area contributed by atoms with Crippen LogP contribution >= 0.6 is 23.2 Å². The van der Waals surface area contributed by atoms with Crippen molar-refractivity contribution in [1.82, 2.24) is 5.32 Å². The lowest BCUT2D eigenvalue weighted by molar-refractivity contribution is 0.249. The van der Waals surface area contributed by atoms with Crippen LogP contribution in [0.25, 0.3) is 0 Å². The third kappa shape index (κ3) is 7.60. The van der Waals surface area contributed by atoms with Crippen molar-refractivity contribution in [3.8, 4) is 0 Å². The molecule has 0 aliphatic heterocycles. The van der Waals surface area contributed by atoms with Crippen molar-refractivity contribution < 1.29 is 13.2 Å². The first-order chi connectivity index (χ1) is 16.3. The molecule has 0 fully saturated rings. The first kappa shape index (κ1) is 26.8. The van der Waals surface area contributed by atoms with E-state index in [1.807, 2.05) is 26.0 Å². The minimum Gasteiger partial charge on any atom is -0.331 e. The molecule has 0 aliphatic rings. The van der Waals surface area contributed by atoms with Crippen molar-refractivity contribution in [2.75, 3.05) is 10.0 Å². The van der Waals surface area contributed by atoms with Crippen LogP contribution in [0.5, 0.6) is 0 Å². The molecule has 0 bridgehead atoms. The number of nitrogens with one attached hydrogen (secondary N) is 3. The highest BCUT2D eigenvalue weighted by molar-refractivity contribution is 7.92. The number of nitrogens with two attached hydrogens (primary N) is 1. The summed E-state index contributed by atoms with van der Waals surface area (Å²) in [7, 11) is -3.80. The number of hydrogen-bond donors (Lipinski definition) is 4. The topological polar surface area (TPSA) is 113 Å². The molecule has 3 rings (SSSR count). The van der Waals surface area contributed by atoms with E-state index in [1.165, 1.54) is 24.3 Å². The van der Waals surface area contributed by atoms with Gasteiger partial charge < -0.3 is 16.4 Å². The maximum atomic E-state index is 12.8. The Morgan fingerprint density at radius 2 is 1.57 bits per heavy atom. The van der Waals surface area contributed by atoms with E-state index < -0.39 is 22.1 Å². The molecule has 0 heterocycles. The monoisotopic (exact) mass is 534 g/mol. The summed E-state index contributed by atoms with van der Waals surface area (Å²) in [6, 6.07) is 17.3. The number of sulfonamides is 1. The zero-order chi connectivity index (χ0) is 25.8. The highest BCUT2D eigenvalue weighted by Gasteiger charge is 2.17. The van der Waals surface area contributed by atoms with Crippen molar-refractivity contribution in [1.29, 1.82) is 0 Å². The smallest absolute Gasteiger partial charge is 0.319 e. The van der Waals surface area contributed by atoms with Crippen LogP contribution in [0.3, 0.4) is 0 Å². The fraction of sp³-hybridized carbons (Fsp3) is 0.240. The normalized spacial score (nSPS) is 12.6. The highest BCUT2D eigenvalue weighted by atomic mass is 35.5. The third-order valence-electron chi connectivity index (χ3n) is 5.08. The SMILES string of the molecule is CC(NC(=O)Nc1ccc(S(=O)(=O)Nc2ccc(CC(C)(C)N)cc2)cc1)c1cccc(Cl)c1Cl. The summed E-state index contributed by atoms with van der Waals surface area (Å²) in [4.78, 5) is 12.5. The van der Waals surface area contributed by atoms with Gasteiger partial charge in [0.05, 0.1) is 21.0 Å². The van der Waals surface area contributed by atoms with Crippen molar-refractivity contribution in [2.24, 2.45) is 5.73 Å². The van der Waals surface area contributed by atoms with E-state index in [-0.39, 0.29) is 10.4 Å². The van der Waals surface area contributed by atoms with Crippen molar-refractivity contribution in [3.63, 3.8) is 0 Å². The van der Waals surface area contributed by atoms with Gasteiger partial charge in [0.25, 0.3) is 10.0 Å². The summed E-state index contributed by atoms with van der Waals surface area (Å²) in [6.45, 7) is 5.64. The molecule has 1 atom stereocenters. The number of rotatable bonds is 8. The molecular weight excluding hydrogens is 507 g/mol. The summed E-state index contributed by atoms with van der Waals surface area (Å²) in [5.74, 6) is 0. The van der Waals surface area contributed by atoms with Crippen molar-refractivity contribution in [2.45, 2.75) is 43.7 Å². The van der Waals surface area contributed by atoms with E-state index in [0.717, 1.165) is 5.56 Å². The zero-order valence-electron chi connectivity index (χ0n) is 19.6. The average molecular weight is 535 g/mol. The maximum Gasteiger partial charge on any atom is 0.319 e. The molecular formula is C25H28Cl2N4O3S. The summed E-state index contributed by atoms with van der Waals surface area (Å²) in [5, 5.41) is 6.23. The summed E-state index contributed by atoms with van der Waals surface area (Å²) in [6.07, 6.45) is 0.674. The van der Waals surface area contributed by atoms with Crippen LogP contribution in [-0.4, -0.2) is 20.0 Å². The van der Waals surface area contributed by atoms with Gasteiger partial charge in [0.2, 0.25) is 0 Å². The van der Waals surface area contributed by atoms with Gasteiger partial charge in [0.1, 0.15) is 0 Å². The Morgan fingerprint density at radius 1 is 0.971 bits per heavy atom. The molecule has 0 saturated carbocycles. The molecule has 10 heteroatoms. The number of urea groups is 1. The Labute approximate surface area is 216 Å². The van der Waals surface area contributed by atoms with Crippen LogP contribution in [0.2, 0.25) is 10.0 Å². The lowest BCUT2D eigenvalue weighted by atomic mass is 9.96. The van der Waals surface area contributed by atoms with Crippen LogP contribution in [0.1, 0.15) is 37.9 Å². The third-order valence-corrected chi connectivity index (χ3v) is 7.31. The molecule has 3 aromatic carbocycles. The number of carbonyl (C=O) groups excluding carboxylic acids is 1. The largest absolute Gasteiger partial charge is 0.331 e. The predicted octanol–water partition coefficient (Wildman–Crippen LogP) is 5.96. The van der Waals surface area contributed by atoms with E-state index in [0.29, 0.717) is 33.4 Å². The first-order valence-electron chi connectivity index (χ1n) is 10.9. The second-order valence-corrected chi connectivity index (χ2v) is 11.4.